The normalized spacial score (nSPS) is 16.5. The summed E-state index contributed by atoms with van der Waals surface area (Å²) >= 11 is 0. The van der Waals surface area contributed by atoms with E-state index in [2.05, 4.69) is 14.9 Å². The van der Waals surface area contributed by atoms with Crippen LogP contribution in [0, 0.1) is 0 Å². The minimum Gasteiger partial charge on any atom is -0.322 e. The highest BCUT2D eigenvalue weighted by Gasteiger charge is 2.27. The summed E-state index contributed by atoms with van der Waals surface area (Å²) < 4.78 is 54.4. The molecule has 0 aliphatic carbocycles. The number of benzene rings is 2. The summed E-state index contributed by atoms with van der Waals surface area (Å²) in [4.78, 5) is 14.9. The average molecular weight is 495 g/mol. The van der Waals surface area contributed by atoms with Crippen LogP contribution in [0.5, 0.6) is 0 Å². The molecule has 0 radical (unpaired) electrons. The van der Waals surface area contributed by atoms with Crippen molar-refractivity contribution in [2.24, 2.45) is 0 Å². The first-order chi connectivity index (χ1) is 15.3. The Morgan fingerprint density at radius 2 is 1.33 bits per heavy atom. The minimum absolute atomic E-state index is 0.0624. The van der Waals surface area contributed by atoms with Crippen LogP contribution in [-0.4, -0.2) is 70.7 Å². The molecule has 9 nitrogen and oxygen atoms in total. The van der Waals surface area contributed by atoms with Crippen molar-refractivity contribution in [3.8, 4) is 0 Å². The van der Waals surface area contributed by atoms with E-state index in [1.807, 2.05) is 7.05 Å². The fourth-order valence-corrected chi connectivity index (χ4v) is 6.18. The summed E-state index contributed by atoms with van der Waals surface area (Å²) in [6.07, 6.45) is 0. The summed E-state index contributed by atoms with van der Waals surface area (Å²) in [5, 5.41) is 2.70. The molecule has 33 heavy (non-hydrogen) atoms. The molecule has 0 aromatic heterocycles. The van der Waals surface area contributed by atoms with E-state index in [0.29, 0.717) is 31.9 Å². The first-order valence-corrected chi connectivity index (χ1v) is 13.4. The number of anilines is 1. The van der Waals surface area contributed by atoms with Crippen LogP contribution in [0.15, 0.2) is 58.3 Å². The van der Waals surface area contributed by atoms with Gasteiger partial charge < -0.3 is 10.2 Å². The van der Waals surface area contributed by atoms with E-state index < -0.39 is 31.5 Å². The Kier molecular flexibility index (Phi) is 7.30. The number of likely N-dealkylation sites (N-methyl/N-ethyl adjacent to an activating group) is 1. The number of sulfonamides is 2. The first kappa shape index (κ1) is 25.3. The van der Waals surface area contributed by atoms with Crippen LogP contribution >= 0.6 is 0 Å². The number of carbonyl (C=O) groups excluding carboxylic acids is 1. The van der Waals surface area contributed by atoms with Gasteiger partial charge in [0.05, 0.1) is 9.79 Å². The van der Waals surface area contributed by atoms with Crippen LogP contribution in [0.1, 0.15) is 31.1 Å². The SMILES string of the molecule is CN1CCN(S(=O)(=O)c2ccc(NC(=O)c3ccc(S(=O)(=O)NC(C)(C)C)cc3)cc2)CC1. The third kappa shape index (κ3) is 6.39. The lowest BCUT2D eigenvalue weighted by atomic mass is 10.1. The second-order valence-electron chi connectivity index (χ2n) is 9.07. The van der Waals surface area contributed by atoms with Crippen molar-refractivity contribution in [2.75, 3.05) is 38.5 Å². The summed E-state index contributed by atoms with van der Waals surface area (Å²) in [5.41, 5.74) is 0.0843. The number of piperazine rings is 1. The van der Waals surface area contributed by atoms with Crippen molar-refractivity contribution in [2.45, 2.75) is 36.1 Å². The lowest BCUT2D eigenvalue weighted by Crippen LogP contribution is -2.46. The van der Waals surface area contributed by atoms with Gasteiger partial charge in [-0.2, -0.15) is 4.31 Å². The monoisotopic (exact) mass is 494 g/mol. The van der Waals surface area contributed by atoms with Crippen LogP contribution in [0.25, 0.3) is 0 Å². The average Bonchev–Trinajstić information content (AvgIpc) is 2.73. The summed E-state index contributed by atoms with van der Waals surface area (Å²) in [6, 6.07) is 11.6. The molecule has 0 spiro atoms. The van der Waals surface area contributed by atoms with E-state index in [4.69, 9.17) is 0 Å². The summed E-state index contributed by atoms with van der Waals surface area (Å²) in [6.45, 7) is 7.47. The van der Waals surface area contributed by atoms with Gasteiger partial charge in [-0.15, -0.1) is 0 Å². The maximum Gasteiger partial charge on any atom is 0.255 e. The fourth-order valence-electron chi connectivity index (χ4n) is 3.34. The third-order valence-electron chi connectivity index (χ3n) is 5.08. The van der Waals surface area contributed by atoms with Crippen molar-refractivity contribution in [3.63, 3.8) is 0 Å². The van der Waals surface area contributed by atoms with Crippen LogP contribution in [-0.2, 0) is 20.0 Å². The van der Waals surface area contributed by atoms with Crippen LogP contribution < -0.4 is 10.0 Å². The second-order valence-corrected chi connectivity index (χ2v) is 12.7. The first-order valence-electron chi connectivity index (χ1n) is 10.5. The van der Waals surface area contributed by atoms with Crippen LogP contribution in [0.3, 0.4) is 0 Å². The van der Waals surface area contributed by atoms with Crippen molar-refractivity contribution in [1.82, 2.24) is 13.9 Å². The topological polar surface area (TPSA) is 116 Å². The highest BCUT2D eigenvalue weighted by molar-refractivity contribution is 7.89. The Morgan fingerprint density at radius 3 is 1.85 bits per heavy atom. The zero-order chi connectivity index (χ0) is 24.4. The summed E-state index contributed by atoms with van der Waals surface area (Å²) in [5.74, 6) is -0.433. The zero-order valence-corrected chi connectivity index (χ0v) is 20.8. The molecule has 2 N–H and O–H groups in total. The molecule has 1 aliphatic heterocycles. The van der Waals surface area contributed by atoms with Gasteiger partial charge in [0, 0.05) is 43.0 Å². The van der Waals surface area contributed by atoms with Gasteiger partial charge in [0.25, 0.3) is 5.91 Å². The van der Waals surface area contributed by atoms with Crippen molar-refractivity contribution in [3.05, 3.63) is 54.1 Å². The quantitative estimate of drug-likeness (QED) is 0.634. The van der Waals surface area contributed by atoms with Gasteiger partial charge in [-0.25, -0.2) is 21.6 Å². The van der Waals surface area contributed by atoms with E-state index >= 15 is 0 Å². The Morgan fingerprint density at radius 1 is 0.818 bits per heavy atom. The predicted molar refractivity (Wildman–Crippen MR) is 127 cm³/mol. The Hall–Kier alpha value is -2.31. The molecule has 3 rings (SSSR count). The smallest absolute Gasteiger partial charge is 0.255 e. The molecule has 0 unspecified atom stereocenters. The number of rotatable bonds is 6. The molecule has 180 valence electrons. The second kappa shape index (κ2) is 9.51. The fraction of sp³-hybridized carbons (Fsp3) is 0.409. The maximum atomic E-state index is 12.8. The van der Waals surface area contributed by atoms with E-state index in [-0.39, 0.29) is 15.4 Å². The zero-order valence-electron chi connectivity index (χ0n) is 19.2. The van der Waals surface area contributed by atoms with Gasteiger partial charge in [0.15, 0.2) is 0 Å². The minimum atomic E-state index is -3.70. The molecule has 0 atom stereocenters. The van der Waals surface area contributed by atoms with E-state index in [9.17, 15) is 21.6 Å². The Bertz CT molecular complexity index is 1190. The van der Waals surface area contributed by atoms with Crippen LogP contribution in [0.4, 0.5) is 5.69 Å². The summed E-state index contributed by atoms with van der Waals surface area (Å²) in [7, 11) is -5.32. The molecule has 1 fully saturated rings. The highest BCUT2D eigenvalue weighted by Crippen LogP contribution is 2.20. The number of nitrogens with zero attached hydrogens (tertiary/aromatic N) is 2. The molecule has 0 bridgehead atoms. The Balaban J connectivity index is 1.67. The highest BCUT2D eigenvalue weighted by atomic mass is 32.2. The van der Waals surface area contributed by atoms with Gasteiger partial charge in [-0.3, -0.25) is 4.79 Å². The number of hydrogen-bond donors (Lipinski definition) is 2. The largest absolute Gasteiger partial charge is 0.322 e. The van der Waals surface area contributed by atoms with Crippen molar-refractivity contribution in [1.29, 1.82) is 0 Å². The van der Waals surface area contributed by atoms with Crippen molar-refractivity contribution >= 4 is 31.6 Å². The lowest BCUT2D eigenvalue weighted by Gasteiger charge is -2.31. The van der Waals surface area contributed by atoms with Gasteiger partial charge in [0.1, 0.15) is 0 Å². The third-order valence-corrected chi connectivity index (χ3v) is 8.77. The molecule has 2 aromatic rings. The number of hydrogen-bond acceptors (Lipinski definition) is 6. The molecule has 1 saturated heterocycles. The van der Waals surface area contributed by atoms with E-state index in [0.717, 1.165) is 0 Å². The number of nitrogens with one attached hydrogen (secondary N) is 2. The molecular weight excluding hydrogens is 464 g/mol. The van der Waals surface area contributed by atoms with Crippen molar-refractivity contribution < 1.29 is 21.6 Å². The molecular formula is C22H30N4O5S2. The standard InChI is InChI=1S/C22H30N4O5S2/c1-22(2,3)24-32(28,29)19-9-5-17(6-10-19)21(27)23-18-7-11-20(12-8-18)33(30,31)26-15-13-25(4)14-16-26/h5-12,24H,13-16H2,1-4H3,(H,23,27). The lowest BCUT2D eigenvalue weighted by molar-refractivity contribution is 0.102. The van der Waals surface area contributed by atoms with E-state index in [1.165, 1.54) is 52.8 Å². The molecule has 1 aliphatic rings. The van der Waals surface area contributed by atoms with Gasteiger partial charge >= 0.3 is 0 Å². The van der Waals surface area contributed by atoms with E-state index in [1.54, 1.807) is 20.8 Å². The van der Waals surface area contributed by atoms with Gasteiger partial charge in [0.2, 0.25) is 20.0 Å². The molecule has 0 saturated carbocycles. The van der Waals surface area contributed by atoms with Gasteiger partial charge in [-0.1, -0.05) is 0 Å². The number of carbonyl (C=O) groups is 1. The number of amides is 1. The molecule has 11 heteroatoms. The van der Waals surface area contributed by atoms with Gasteiger partial charge in [-0.05, 0) is 76.3 Å². The molecule has 2 aromatic carbocycles. The predicted octanol–water partition coefficient (Wildman–Crippen LogP) is 1.95. The van der Waals surface area contributed by atoms with Crippen LogP contribution in [0.2, 0.25) is 0 Å². The molecule has 1 heterocycles. The maximum absolute atomic E-state index is 12.8. The molecule has 1 amide bonds. The Labute approximate surface area is 195 Å².